The molecule has 0 aliphatic carbocycles. The quantitative estimate of drug-likeness (QED) is 0.438. The van der Waals surface area contributed by atoms with Crippen molar-refractivity contribution in [3.8, 4) is 11.4 Å². The topological polar surface area (TPSA) is 85.2 Å². The van der Waals surface area contributed by atoms with Crippen LogP contribution >= 0.6 is 0 Å². The van der Waals surface area contributed by atoms with Crippen LogP contribution in [0.4, 0.5) is 20.2 Å². The average molecular weight is 448 g/mol. The smallest absolute Gasteiger partial charge is 0.262 e. The van der Waals surface area contributed by atoms with Gasteiger partial charge >= 0.3 is 0 Å². The summed E-state index contributed by atoms with van der Waals surface area (Å²) in [7, 11) is 0. The van der Waals surface area contributed by atoms with Crippen LogP contribution in [-0.2, 0) is 4.79 Å². The van der Waals surface area contributed by atoms with Crippen molar-refractivity contribution in [1.29, 1.82) is 0 Å². The van der Waals surface area contributed by atoms with Gasteiger partial charge in [0.05, 0.1) is 23.3 Å². The fourth-order valence-electron chi connectivity index (χ4n) is 3.07. The lowest BCUT2D eigenvalue weighted by molar-refractivity contribution is -0.118. The Morgan fingerprint density at radius 2 is 1.73 bits per heavy atom. The summed E-state index contributed by atoms with van der Waals surface area (Å²) in [5, 5.41) is 5.02. The van der Waals surface area contributed by atoms with Crippen molar-refractivity contribution in [2.45, 2.75) is 0 Å². The van der Waals surface area contributed by atoms with E-state index in [1.54, 1.807) is 30.5 Å². The predicted molar refractivity (Wildman–Crippen MR) is 118 cm³/mol. The highest BCUT2D eigenvalue weighted by molar-refractivity contribution is 6.06. The molecule has 0 radical (unpaired) electrons. The molecule has 0 fully saturated rings. The fourth-order valence-corrected chi connectivity index (χ4v) is 3.07. The van der Waals surface area contributed by atoms with Crippen LogP contribution in [0.2, 0.25) is 0 Å². The Balaban J connectivity index is 1.42. The van der Waals surface area contributed by atoms with E-state index >= 15 is 0 Å². The van der Waals surface area contributed by atoms with Gasteiger partial charge in [-0.25, -0.2) is 13.8 Å². The minimum atomic E-state index is -0.590. The van der Waals surface area contributed by atoms with E-state index in [0.717, 1.165) is 0 Å². The minimum absolute atomic E-state index is 0.0262. The molecule has 166 valence electrons. The summed E-state index contributed by atoms with van der Waals surface area (Å²) in [6.45, 7) is -0.438. The van der Waals surface area contributed by atoms with Crippen LogP contribution in [0.3, 0.4) is 0 Å². The molecular weight excluding hydrogens is 430 g/mol. The molecule has 1 heterocycles. The molecule has 0 aliphatic heterocycles. The van der Waals surface area contributed by atoms with E-state index in [0.29, 0.717) is 0 Å². The van der Waals surface area contributed by atoms with Crippen molar-refractivity contribution in [1.82, 2.24) is 9.55 Å². The molecule has 0 spiro atoms. The first-order valence-electron chi connectivity index (χ1n) is 9.87. The first-order chi connectivity index (χ1) is 16.0. The SMILES string of the molecule is O=C(COc1ccccc1C(=O)Nc1ccc(-n2ccnc2)c(F)c1)Nc1ccccc1F. The highest BCUT2D eigenvalue weighted by atomic mass is 19.1. The van der Waals surface area contributed by atoms with Gasteiger partial charge in [0.25, 0.3) is 11.8 Å². The van der Waals surface area contributed by atoms with Gasteiger partial charge < -0.3 is 19.9 Å². The molecule has 9 heteroatoms. The van der Waals surface area contributed by atoms with Gasteiger partial charge in [0, 0.05) is 18.1 Å². The van der Waals surface area contributed by atoms with Crippen molar-refractivity contribution in [3.05, 3.63) is 103 Å². The van der Waals surface area contributed by atoms with E-state index in [1.165, 1.54) is 59.6 Å². The number of imidazole rings is 1. The van der Waals surface area contributed by atoms with Gasteiger partial charge in [-0.3, -0.25) is 9.59 Å². The van der Waals surface area contributed by atoms with Crippen LogP contribution in [0.1, 0.15) is 10.4 Å². The fraction of sp³-hybridized carbons (Fsp3) is 0.0417. The number of carbonyl (C=O) groups is 2. The third-order valence-corrected chi connectivity index (χ3v) is 4.63. The Morgan fingerprint density at radius 1 is 0.939 bits per heavy atom. The number of carbonyl (C=O) groups excluding carboxylic acids is 2. The molecule has 0 atom stereocenters. The molecule has 2 N–H and O–H groups in total. The zero-order valence-corrected chi connectivity index (χ0v) is 17.2. The highest BCUT2D eigenvalue weighted by Crippen LogP contribution is 2.22. The van der Waals surface area contributed by atoms with E-state index in [4.69, 9.17) is 4.74 Å². The van der Waals surface area contributed by atoms with E-state index < -0.39 is 30.1 Å². The molecule has 7 nitrogen and oxygen atoms in total. The molecule has 3 aromatic carbocycles. The number of anilines is 2. The van der Waals surface area contributed by atoms with E-state index in [-0.39, 0.29) is 28.4 Å². The predicted octanol–water partition coefficient (Wildman–Crippen LogP) is 4.42. The lowest BCUT2D eigenvalue weighted by atomic mass is 10.1. The summed E-state index contributed by atoms with van der Waals surface area (Å²) in [5.41, 5.74) is 0.706. The normalized spacial score (nSPS) is 10.5. The molecule has 0 bridgehead atoms. The average Bonchev–Trinajstić information content (AvgIpc) is 3.34. The summed E-state index contributed by atoms with van der Waals surface area (Å²) in [6.07, 6.45) is 4.60. The second-order valence-corrected chi connectivity index (χ2v) is 6.90. The monoisotopic (exact) mass is 448 g/mol. The van der Waals surface area contributed by atoms with E-state index in [1.807, 2.05) is 0 Å². The number of hydrogen-bond acceptors (Lipinski definition) is 4. The number of aromatic nitrogens is 2. The highest BCUT2D eigenvalue weighted by Gasteiger charge is 2.15. The Morgan fingerprint density at radius 3 is 2.48 bits per heavy atom. The summed E-state index contributed by atoms with van der Waals surface area (Å²) in [4.78, 5) is 28.8. The Labute approximate surface area is 187 Å². The van der Waals surface area contributed by atoms with Crippen molar-refractivity contribution in [3.63, 3.8) is 0 Å². The largest absolute Gasteiger partial charge is 0.483 e. The van der Waals surface area contributed by atoms with Crippen molar-refractivity contribution in [2.75, 3.05) is 17.2 Å². The second kappa shape index (κ2) is 9.73. The number of benzene rings is 3. The zero-order chi connectivity index (χ0) is 23.2. The third kappa shape index (κ3) is 5.21. The number of para-hydroxylation sites is 2. The molecule has 1 aromatic heterocycles. The number of rotatable bonds is 7. The maximum Gasteiger partial charge on any atom is 0.262 e. The number of ether oxygens (including phenoxy) is 1. The molecule has 4 rings (SSSR count). The van der Waals surface area contributed by atoms with Crippen LogP contribution in [0.25, 0.3) is 5.69 Å². The van der Waals surface area contributed by atoms with Gasteiger partial charge in [0.2, 0.25) is 0 Å². The molecular formula is C24H18F2N4O3. The number of halogens is 2. The summed E-state index contributed by atoms with van der Waals surface area (Å²) >= 11 is 0. The molecule has 4 aromatic rings. The van der Waals surface area contributed by atoms with Crippen molar-refractivity contribution < 1.29 is 23.1 Å². The van der Waals surface area contributed by atoms with Crippen LogP contribution in [-0.4, -0.2) is 28.0 Å². The van der Waals surface area contributed by atoms with E-state index in [2.05, 4.69) is 15.6 Å². The van der Waals surface area contributed by atoms with Gasteiger partial charge in [0.15, 0.2) is 6.61 Å². The van der Waals surface area contributed by atoms with Gasteiger partial charge in [-0.2, -0.15) is 0 Å². The van der Waals surface area contributed by atoms with Gasteiger partial charge in [0.1, 0.15) is 17.4 Å². The lowest BCUT2D eigenvalue weighted by Crippen LogP contribution is -2.22. The standard InChI is InChI=1S/C24H18F2N4O3/c25-18-6-2-3-7-20(18)29-23(31)14-33-22-8-4-1-5-17(22)24(32)28-16-9-10-21(19(26)13-16)30-12-11-27-15-30/h1-13,15H,14H2,(H,28,32)(H,29,31). The van der Waals surface area contributed by atoms with Gasteiger partial charge in [-0.05, 0) is 42.5 Å². The molecule has 2 amide bonds. The minimum Gasteiger partial charge on any atom is -0.483 e. The van der Waals surface area contributed by atoms with E-state index in [9.17, 15) is 18.4 Å². The summed E-state index contributed by atoms with van der Waals surface area (Å²) in [5.74, 6) is -2.10. The maximum atomic E-state index is 14.5. The number of nitrogens with one attached hydrogen (secondary N) is 2. The van der Waals surface area contributed by atoms with Crippen LogP contribution in [0, 0.1) is 11.6 Å². The molecule has 0 saturated heterocycles. The number of hydrogen-bond donors (Lipinski definition) is 2. The zero-order valence-electron chi connectivity index (χ0n) is 17.2. The maximum absolute atomic E-state index is 14.5. The molecule has 0 aliphatic rings. The summed E-state index contributed by atoms with van der Waals surface area (Å²) in [6, 6.07) is 16.3. The van der Waals surface area contributed by atoms with Crippen molar-refractivity contribution >= 4 is 23.2 Å². The Bertz CT molecular complexity index is 1290. The van der Waals surface area contributed by atoms with Crippen molar-refractivity contribution in [2.24, 2.45) is 0 Å². The summed E-state index contributed by atoms with van der Waals surface area (Å²) < 4.78 is 35.1. The first kappa shape index (κ1) is 21.7. The van der Waals surface area contributed by atoms with Gasteiger partial charge in [-0.15, -0.1) is 0 Å². The molecule has 0 unspecified atom stereocenters. The Kier molecular flexibility index (Phi) is 6.40. The molecule has 33 heavy (non-hydrogen) atoms. The first-order valence-corrected chi connectivity index (χ1v) is 9.87. The number of amides is 2. The third-order valence-electron chi connectivity index (χ3n) is 4.63. The lowest BCUT2D eigenvalue weighted by Gasteiger charge is -2.13. The van der Waals surface area contributed by atoms with Crippen LogP contribution in [0.5, 0.6) is 5.75 Å². The van der Waals surface area contributed by atoms with Gasteiger partial charge in [-0.1, -0.05) is 24.3 Å². The number of nitrogens with zero attached hydrogens (tertiary/aromatic N) is 2. The molecule has 0 saturated carbocycles. The van der Waals surface area contributed by atoms with Crippen LogP contribution < -0.4 is 15.4 Å². The van der Waals surface area contributed by atoms with Crippen LogP contribution in [0.15, 0.2) is 85.5 Å². The second-order valence-electron chi connectivity index (χ2n) is 6.90. The Hall–Kier alpha value is -4.53.